The molecule has 0 spiro atoms. The Hall–Kier alpha value is -2.34. The molecule has 148 valence electrons. The minimum absolute atomic E-state index is 0.203. The van der Waals surface area contributed by atoms with Crippen molar-refractivity contribution < 1.29 is 19.7 Å². The number of aromatic nitrogens is 4. The van der Waals surface area contributed by atoms with E-state index in [1.54, 1.807) is 0 Å². The third-order valence-corrected chi connectivity index (χ3v) is 4.59. The fourth-order valence-electron chi connectivity index (χ4n) is 3.25. The first-order chi connectivity index (χ1) is 12.8. The van der Waals surface area contributed by atoms with Crippen molar-refractivity contribution in [1.29, 1.82) is 0 Å². The van der Waals surface area contributed by atoms with Gasteiger partial charge in [-0.15, -0.1) is 0 Å². The number of carbonyl (C=O) groups excluding carboxylic acids is 1. The van der Waals surface area contributed by atoms with Crippen molar-refractivity contribution >= 4 is 22.9 Å². The molecule has 1 aliphatic rings. The number of fused-ring (bicyclic) bond motifs is 1. The summed E-state index contributed by atoms with van der Waals surface area (Å²) in [5.41, 5.74) is 12.4. The molecule has 27 heavy (non-hydrogen) atoms. The smallest absolute Gasteiger partial charge is 0.237 e. The monoisotopic (exact) mass is 379 g/mol. The Labute approximate surface area is 155 Å². The molecule has 2 aromatic rings. The van der Waals surface area contributed by atoms with Crippen LogP contribution in [-0.4, -0.2) is 66.5 Å². The van der Waals surface area contributed by atoms with Gasteiger partial charge in [0.25, 0.3) is 0 Å². The van der Waals surface area contributed by atoms with E-state index in [1.807, 2.05) is 13.8 Å². The fraction of sp³-hybridized carbons (Fsp3) is 0.625. The molecule has 3 rings (SSSR count). The highest BCUT2D eigenvalue weighted by Crippen LogP contribution is 2.32. The minimum Gasteiger partial charge on any atom is -0.394 e. The van der Waals surface area contributed by atoms with Gasteiger partial charge >= 0.3 is 0 Å². The Morgan fingerprint density at radius 3 is 2.81 bits per heavy atom. The predicted octanol–water partition coefficient (Wildman–Crippen LogP) is -1.48. The number of imidazole rings is 1. The maximum Gasteiger partial charge on any atom is 0.237 e. The second-order valence-corrected chi connectivity index (χ2v) is 7.09. The number of hydrogen-bond donors (Lipinski definition) is 5. The molecule has 1 fully saturated rings. The summed E-state index contributed by atoms with van der Waals surface area (Å²) in [5.74, 6) is 0.0475. The van der Waals surface area contributed by atoms with Gasteiger partial charge in [-0.2, -0.15) is 0 Å². The summed E-state index contributed by atoms with van der Waals surface area (Å²) in [6.07, 6.45) is 0.346. The molecule has 1 amide bonds. The summed E-state index contributed by atoms with van der Waals surface area (Å²) >= 11 is 0. The third kappa shape index (κ3) is 3.72. The molecule has 0 radical (unpaired) electrons. The topological polar surface area (TPSA) is 174 Å². The van der Waals surface area contributed by atoms with E-state index in [4.69, 9.17) is 16.2 Å². The number of ether oxygens (including phenoxy) is 1. The normalized spacial score (nSPS) is 26.6. The highest BCUT2D eigenvalue weighted by atomic mass is 16.5. The van der Waals surface area contributed by atoms with Crippen LogP contribution in [0, 0.1) is 5.92 Å². The summed E-state index contributed by atoms with van der Waals surface area (Å²) in [7, 11) is 0. The lowest BCUT2D eigenvalue weighted by Crippen LogP contribution is -2.53. The van der Waals surface area contributed by atoms with Gasteiger partial charge in [0.05, 0.1) is 25.0 Å². The number of hydrogen-bond acceptors (Lipinski definition) is 9. The van der Waals surface area contributed by atoms with Crippen LogP contribution in [0.5, 0.6) is 0 Å². The maximum atomic E-state index is 12.4. The molecular formula is C16H25N7O4. The number of carbonyl (C=O) groups is 1. The lowest BCUT2D eigenvalue weighted by Gasteiger charge is -2.23. The molecule has 11 heteroatoms. The van der Waals surface area contributed by atoms with Crippen molar-refractivity contribution in [2.24, 2.45) is 11.7 Å². The average molecular weight is 379 g/mol. The number of rotatable bonds is 6. The van der Waals surface area contributed by atoms with Gasteiger partial charge < -0.3 is 31.7 Å². The number of anilines is 1. The van der Waals surface area contributed by atoms with Crippen LogP contribution in [-0.2, 0) is 9.53 Å². The van der Waals surface area contributed by atoms with Crippen LogP contribution in [0.2, 0.25) is 0 Å². The van der Waals surface area contributed by atoms with Gasteiger partial charge in [-0.05, 0) is 12.3 Å². The Balaban J connectivity index is 1.81. The zero-order valence-electron chi connectivity index (χ0n) is 15.2. The Morgan fingerprint density at radius 1 is 1.41 bits per heavy atom. The molecule has 5 atom stereocenters. The molecule has 0 bridgehead atoms. The summed E-state index contributed by atoms with van der Waals surface area (Å²) in [4.78, 5) is 24.5. The lowest BCUT2D eigenvalue weighted by atomic mass is 10.0. The number of nitrogens with one attached hydrogen (secondary N) is 1. The van der Waals surface area contributed by atoms with Gasteiger partial charge in [0.15, 0.2) is 17.7 Å². The van der Waals surface area contributed by atoms with E-state index < -0.39 is 36.4 Å². The average Bonchev–Trinajstić information content (AvgIpc) is 3.17. The van der Waals surface area contributed by atoms with E-state index in [1.165, 1.54) is 17.2 Å². The molecule has 0 saturated carbocycles. The van der Waals surface area contributed by atoms with E-state index in [0.29, 0.717) is 17.6 Å². The van der Waals surface area contributed by atoms with Gasteiger partial charge in [-0.3, -0.25) is 9.36 Å². The fourth-order valence-corrected chi connectivity index (χ4v) is 3.25. The van der Waals surface area contributed by atoms with E-state index in [0.717, 1.165) is 0 Å². The lowest BCUT2D eigenvalue weighted by molar-refractivity contribution is -0.124. The van der Waals surface area contributed by atoms with Gasteiger partial charge in [-0.1, -0.05) is 13.8 Å². The van der Waals surface area contributed by atoms with E-state index in [-0.39, 0.29) is 18.3 Å². The third-order valence-electron chi connectivity index (χ3n) is 4.59. The molecule has 7 N–H and O–H groups in total. The van der Waals surface area contributed by atoms with Crippen LogP contribution < -0.4 is 16.8 Å². The molecule has 1 saturated heterocycles. The van der Waals surface area contributed by atoms with Gasteiger partial charge in [-0.25, -0.2) is 15.0 Å². The molecular weight excluding hydrogens is 354 g/mol. The molecule has 2 aromatic heterocycles. The van der Waals surface area contributed by atoms with Crippen molar-refractivity contribution in [2.75, 3.05) is 12.3 Å². The van der Waals surface area contributed by atoms with E-state index in [2.05, 4.69) is 20.3 Å². The van der Waals surface area contributed by atoms with Crippen LogP contribution in [0.3, 0.4) is 0 Å². The molecule has 0 aromatic carbocycles. The number of nitrogens with two attached hydrogens (primary N) is 2. The predicted molar refractivity (Wildman–Crippen MR) is 96.1 cm³/mol. The summed E-state index contributed by atoms with van der Waals surface area (Å²) in [6, 6.07) is -1.54. The quantitative estimate of drug-likeness (QED) is 0.401. The summed E-state index contributed by atoms with van der Waals surface area (Å²) in [5, 5.41) is 23.1. The van der Waals surface area contributed by atoms with Crippen molar-refractivity contribution in [3.63, 3.8) is 0 Å². The molecule has 1 aliphatic heterocycles. The molecule has 11 nitrogen and oxygen atoms in total. The van der Waals surface area contributed by atoms with E-state index >= 15 is 0 Å². The first-order valence-electron chi connectivity index (χ1n) is 8.76. The van der Waals surface area contributed by atoms with Crippen LogP contribution in [0.4, 0.5) is 5.82 Å². The Morgan fingerprint density at radius 2 is 2.15 bits per heavy atom. The second kappa shape index (κ2) is 7.72. The number of amides is 1. The summed E-state index contributed by atoms with van der Waals surface area (Å²) < 4.78 is 7.26. The first kappa shape index (κ1) is 19.4. The van der Waals surface area contributed by atoms with Gasteiger partial charge in [0, 0.05) is 0 Å². The van der Waals surface area contributed by atoms with Crippen LogP contribution in [0.1, 0.15) is 26.5 Å². The molecule has 3 unspecified atom stereocenters. The van der Waals surface area contributed by atoms with Crippen molar-refractivity contribution in [3.8, 4) is 0 Å². The van der Waals surface area contributed by atoms with Crippen LogP contribution >= 0.6 is 0 Å². The number of nitrogen functional groups attached to an aromatic ring is 1. The first-order valence-corrected chi connectivity index (χ1v) is 8.76. The van der Waals surface area contributed by atoms with Crippen LogP contribution in [0.15, 0.2) is 12.7 Å². The SMILES string of the molecule is CC(C)CC(N)C(=O)NC1C(O)[C@H](n2cnc3c(N)ncnc32)O[C@@H]1CO. The number of aliphatic hydroxyl groups is 2. The van der Waals surface area contributed by atoms with Crippen molar-refractivity contribution in [3.05, 3.63) is 12.7 Å². The zero-order chi connectivity index (χ0) is 19.7. The van der Waals surface area contributed by atoms with Crippen LogP contribution in [0.25, 0.3) is 11.2 Å². The van der Waals surface area contributed by atoms with E-state index in [9.17, 15) is 15.0 Å². The number of nitrogens with zero attached hydrogens (tertiary/aromatic N) is 4. The standard InChI is InChI=1S/C16H25N7O4/c1-7(2)3-8(17)15(26)22-10-9(4-24)27-16(12(10)25)23-6-21-11-13(18)19-5-20-14(11)23/h5-10,12,16,24-25H,3-4,17H2,1-2H3,(H,22,26)(H2,18,19,20)/t8?,9-,10?,12?,16-/m1/s1. The number of aliphatic hydroxyl groups excluding tert-OH is 2. The largest absolute Gasteiger partial charge is 0.394 e. The summed E-state index contributed by atoms with van der Waals surface area (Å²) in [6.45, 7) is 3.54. The van der Waals surface area contributed by atoms with Gasteiger partial charge in [0.1, 0.15) is 24.1 Å². The molecule has 0 aliphatic carbocycles. The Bertz CT molecular complexity index is 811. The van der Waals surface area contributed by atoms with Gasteiger partial charge in [0.2, 0.25) is 5.91 Å². The minimum atomic E-state index is -1.15. The highest BCUT2D eigenvalue weighted by molar-refractivity contribution is 5.82. The van der Waals surface area contributed by atoms with Crippen molar-refractivity contribution in [2.45, 2.75) is 50.8 Å². The zero-order valence-corrected chi connectivity index (χ0v) is 15.2. The van der Waals surface area contributed by atoms with Crippen molar-refractivity contribution in [1.82, 2.24) is 24.8 Å². The maximum absolute atomic E-state index is 12.4. The Kier molecular flexibility index (Phi) is 5.56. The second-order valence-electron chi connectivity index (χ2n) is 7.09. The molecule has 3 heterocycles. The highest BCUT2D eigenvalue weighted by Gasteiger charge is 2.46.